The molecule has 0 atom stereocenters. The summed E-state index contributed by atoms with van der Waals surface area (Å²) in [7, 11) is 3.41. The molecule has 0 spiro atoms. The third-order valence-electron chi connectivity index (χ3n) is 4.25. The van der Waals surface area contributed by atoms with Crippen molar-refractivity contribution >= 4 is 0 Å². The number of aryl methyl sites for hydroxylation is 1. The normalized spacial score (nSPS) is 10.5. The number of hydrogen-bond acceptors (Lipinski definition) is 2. The van der Waals surface area contributed by atoms with Crippen LogP contribution in [0.2, 0.25) is 0 Å². The van der Waals surface area contributed by atoms with Gasteiger partial charge in [0.25, 0.3) is 0 Å². The molecule has 122 valence electrons. The molecule has 0 aliphatic carbocycles. The van der Waals surface area contributed by atoms with Gasteiger partial charge in [-0.15, -0.1) is 0 Å². The molecule has 3 rings (SSSR count). The molecule has 24 heavy (non-hydrogen) atoms. The average Bonchev–Trinajstić information content (AvgIpc) is 2.67. The van der Waals surface area contributed by atoms with E-state index in [9.17, 15) is 0 Å². The number of benzene rings is 3. The van der Waals surface area contributed by atoms with Crippen molar-refractivity contribution in [2.75, 3.05) is 14.2 Å². The van der Waals surface area contributed by atoms with Crippen LogP contribution in [0.1, 0.15) is 12.5 Å². The fraction of sp³-hybridized carbons (Fsp3) is 0.182. The molecule has 0 saturated carbocycles. The first-order chi connectivity index (χ1) is 11.8. The number of ether oxygens (including phenoxy) is 2. The van der Waals surface area contributed by atoms with Gasteiger partial charge in [-0.3, -0.25) is 0 Å². The molecular weight excluding hydrogens is 296 g/mol. The summed E-state index contributed by atoms with van der Waals surface area (Å²) in [6.07, 6.45) is 0.883. The van der Waals surface area contributed by atoms with E-state index in [2.05, 4.69) is 49.4 Å². The van der Waals surface area contributed by atoms with Crippen molar-refractivity contribution in [2.45, 2.75) is 13.3 Å². The van der Waals surface area contributed by atoms with Gasteiger partial charge in [-0.1, -0.05) is 67.6 Å². The molecule has 0 amide bonds. The Morgan fingerprint density at radius 2 is 1.25 bits per heavy atom. The molecule has 0 N–H and O–H groups in total. The van der Waals surface area contributed by atoms with E-state index in [1.54, 1.807) is 14.2 Å². The van der Waals surface area contributed by atoms with Crippen LogP contribution in [0.5, 0.6) is 11.5 Å². The summed E-state index contributed by atoms with van der Waals surface area (Å²) >= 11 is 0. The zero-order valence-electron chi connectivity index (χ0n) is 14.4. The zero-order chi connectivity index (χ0) is 16.9. The largest absolute Gasteiger partial charge is 0.493 e. The van der Waals surface area contributed by atoms with Crippen LogP contribution in [0.4, 0.5) is 0 Å². The van der Waals surface area contributed by atoms with E-state index in [1.165, 1.54) is 5.56 Å². The van der Waals surface area contributed by atoms with Crippen LogP contribution in [0.15, 0.2) is 66.7 Å². The fourth-order valence-corrected chi connectivity index (χ4v) is 3.11. The lowest BCUT2D eigenvalue weighted by molar-refractivity contribution is 0.353. The molecule has 2 nitrogen and oxygen atoms in total. The van der Waals surface area contributed by atoms with Crippen molar-refractivity contribution in [3.8, 4) is 33.8 Å². The second-order valence-corrected chi connectivity index (χ2v) is 5.61. The van der Waals surface area contributed by atoms with Crippen molar-refractivity contribution < 1.29 is 9.47 Å². The molecule has 0 radical (unpaired) electrons. The molecule has 0 unspecified atom stereocenters. The van der Waals surface area contributed by atoms with Crippen molar-refractivity contribution in [2.24, 2.45) is 0 Å². The maximum absolute atomic E-state index is 5.80. The minimum Gasteiger partial charge on any atom is -0.493 e. The summed E-state index contributed by atoms with van der Waals surface area (Å²) in [5.74, 6) is 1.61. The summed E-state index contributed by atoms with van der Waals surface area (Å²) in [6.45, 7) is 2.13. The molecular formula is C22H22O2. The maximum atomic E-state index is 5.80. The van der Waals surface area contributed by atoms with Gasteiger partial charge in [0.05, 0.1) is 14.2 Å². The molecule has 0 heterocycles. The highest BCUT2D eigenvalue weighted by atomic mass is 16.5. The highest BCUT2D eigenvalue weighted by molar-refractivity contribution is 5.90. The van der Waals surface area contributed by atoms with E-state index >= 15 is 0 Å². The van der Waals surface area contributed by atoms with Gasteiger partial charge in [0.2, 0.25) is 0 Å². The minimum atomic E-state index is 0.793. The van der Waals surface area contributed by atoms with Crippen LogP contribution in [0.3, 0.4) is 0 Å². The van der Waals surface area contributed by atoms with Gasteiger partial charge in [0, 0.05) is 5.56 Å². The summed E-state index contributed by atoms with van der Waals surface area (Å²) in [5.41, 5.74) is 5.67. The fourth-order valence-electron chi connectivity index (χ4n) is 3.11. The molecule has 0 fully saturated rings. The van der Waals surface area contributed by atoms with Crippen molar-refractivity contribution in [3.05, 3.63) is 72.3 Å². The van der Waals surface area contributed by atoms with Crippen LogP contribution < -0.4 is 9.47 Å². The van der Waals surface area contributed by atoms with Crippen LogP contribution in [-0.4, -0.2) is 14.2 Å². The molecule has 0 saturated heterocycles. The van der Waals surface area contributed by atoms with Gasteiger partial charge in [0.1, 0.15) is 0 Å². The Hall–Kier alpha value is -2.74. The number of hydrogen-bond donors (Lipinski definition) is 0. The second kappa shape index (κ2) is 7.22. The first-order valence-electron chi connectivity index (χ1n) is 8.18. The van der Waals surface area contributed by atoms with Crippen molar-refractivity contribution in [1.82, 2.24) is 0 Å². The quantitative estimate of drug-likeness (QED) is 0.609. The first kappa shape index (κ1) is 16.1. The summed E-state index contributed by atoms with van der Waals surface area (Å²) in [4.78, 5) is 0. The first-order valence-corrected chi connectivity index (χ1v) is 8.18. The van der Waals surface area contributed by atoms with Crippen LogP contribution >= 0.6 is 0 Å². The van der Waals surface area contributed by atoms with E-state index < -0.39 is 0 Å². The standard InChI is InChI=1S/C22H22O2/c1-4-16-15-19(17-11-7-5-8-12-17)20(18-13-9-6-10-14-18)22(24-3)21(16)23-2/h5-15H,4H2,1-3H3. The molecule has 0 aliphatic heterocycles. The lowest BCUT2D eigenvalue weighted by atomic mass is 9.90. The van der Waals surface area contributed by atoms with Gasteiger partial charge < -0.3 is 9.47 Å². The van der Waals surface area contributed by atoms with Gasteiger partial charge in [-0.2, -0.15) is 0 Å². The Kier molecular flexibility index (Phi) is 4.85. The van der Waals surface area contributed by atoms with Crippen molar-refractivity contribution in [3.63, 3.8) is 0 Å². The predicted octanol–water partition coefficient (Wildman–Crippen LogP) is 5.60. The highest BCUT2D eigenvalue weighted by Gasteiger charge is 2.21. The average molecular weight is 318 g/mol. The summed E-state index contributed by atoms with van der Waals surface area (Å²) in [5, 5.41) is 0. The molecule has 0 aliphatic rings. The van der Waals surface area contributed by atoms with E-state index in [0.717, 1.165) is 40.2 Å². The topological polar surface area (TPSA) is 18.5 Å². The summed E-state index contributed by atoms with van der Waals surface area (Å²) in [6, 6.07) is 23.0. The highest BCUT2D eigenvalue weighted by Crippen LogP contribution is 2.46. The molecule has 0 bridgehead atoms. The Bertz CT molecular complexity index is 808. The molecule has 3 aromatic carbocycles. The third-order valence-corrected chi connectivity index (χ3v) is 4.25. The Morgan fingerprint density at radius 3 is 1.75 bits per heavy atom. The van der Waals surface area contributed by atoms with Crippen LogP contribution in [-0.2, 0) is 6.42 Å². The van der Waals surface area contributed by atoms with Gasteiger partial charge >= 0.3 is 0 Å². The SMILES string of the molecule is CCc1cc(-c2ccccc2)c(-c2ccccc2)c(OC)c1OC. The lowest BCUT2D eigenvalue weighted by Gasteiger charge is -2.20. The molecule has 3 aromatic rings. The smallest absolute Gasteiger partial charge is 0.169 e. The molecule has 0 aromatic heterocycles. The lowest BCUT2D eigenvalue weighted by Crippen LogP contribution is -2.00. The molecule has 2 heteroatoms. The Balaban J connectivity index is 2.39. The van der Waals surface area contributed by atoms with Crippen LogP contribution in [0.25, 0.3) is 22.3 Å². The Morgan fingerprint density at radius 1 is 0.708 bits per heavy atom. The zero-order valence-corrected chi connectivity index (χ0v) is 14.4. The number of methoxy groups -OCH3 is 2. The van der Waals surface area contributed by atoms with Gasteiger partial charge in [-0.05, 0) is 34.7 Å². The minimum absolute atomic E-state index is 0.793. The predicted molar refractivity (Wildman–Crippen MR) is 99.8 cm³/mol. The second-order valence-electron chi connectivity index (χ2n) is 5.61. The monoisotopic (exact) mass is 318 g/mol. The van der Waals surface area contributed by atoms with E-state index in [1.807, 2.05) is 24.3 Å². The third kappa shape index (κ3) is 2.88. The number of rotatable bonds is 5. The van der Waals surface area contributed by atoms with E-state index in [-0.39, 0.29) is 0 Å². The van der Waals surface area contributed by atoms with E-state index in [4.69, 9.17) is 9.47 Å². The Labute approximate surface area is 143 Å². The summed E-state index contributed by atoms with van der Waals surface area (Å²) < 4.78 is 11.5. The van der Waals surface area contributed by atoms with E-state index in [0.29, 0.717) is 0 Å². The maximum Gasteiger partial charge on any atom is 0.169 e. The van der Waals surface area contributed by atoms with Crippen molar-refractivity contribution in [1.29, 1.82) is 0 Å². The van der Waals surface area contributed by atoms with Gasteiger partial charge in [-0.25, -0.2) is 0 Å². The van der Waals surface area contributed by atoms with Gasteiger partial charge in [0.15, 0.2) is 11.5 Å². The van der Waals surface area contributed by atoms with Crippen LogP contribution in [0, 0.1) is 0 Å².